The first-order valence-electron chi connectivity index (χ1n) is 7.16. The molecule has 8 heteroatoms. The second kappa shape index (κ2) is 7.56. The average molecular weight is 342 g/mol. The highest BCUT2D eigenvalue weighted by Gasteiger charge is 2.25. The van der Waals surface area contributed by atoms with Crippen LogP contribution in [-0.2, 0) is 14.8 Å². The van der Waals surface area contributed by atoms with Crippen molar-refractivity contribution in [2.24, 2.45) is 5.92 Å². The van der Waals surface area contributed by atoms with E-state index in [0.29, 0.717) is 6.54 Å². The molecular formula is C15H22N2O5S. The summed E-state index contributed by atoms with van der Waals surface area (Å²) < 4.78 is 26.0. The van der Waals surface area contributed by atoms with E-state index < -0.39 is 21.9 Å². The Bertz CT molecular complexity index is 687. The number of amides is 1. The number of carboxylic acids is 1. The van der Waals surface area contributed by atoms with Gasteiger partial charge in [-0.15, -0.1) is 0 Å². The topological polar surface area (TPSA) is 95.0 Å². The fourth-order valence-corrected chi connectivity index (χ4v) is 3.20. The van der Waals surface area contributed by atoms with Crippen molar-refractivity contribution in [2.75, 3.05) is 27.2 Å². The van der Waals surface area contributed by atoms with Crippen LogP contribution >= 0.6 is 0 Å². The van der Waals surface area contributed by atoms with Crippen LogP contribution in [0.25, 0.3) is 0 Å². The number of hydrogen-bond donors (Lipinski definition) is 1. The fourth-order valence-electron chi connectivity index (χ4n) is 1.90. The summed E-state index contributed by atoms with van der Waals surface area (Å²) in [6, 6.07) is 5.75. The largest absolute Gasteiger partial charge is 0.481 e. The van der Waals surface area contributed by atoms with Gasteiger partial charge in [0.05, 0.1) is 10.8 Å². The van der Waals surface area contributed by atoms with Gasteiger partial charge in [-0.2, -0.15) is 0 Å². The molecule has 0 aliphatic carbocycles. The first-order chi connectivity index (χ1) is 10.6. The van der Waals surface area contributed by atoms with Crippen molar-refractivity contribution < 1.29 is 23.1 Å². The quantitative estimate of drug-likeness (QED) is 0.801. The number of nitrogens with zero attached hydrogens (tertiary/aromatic N) is 2. The summed E-state index contributed by atoms with van der Waals surface area (Å²) >= 11 is 0. The summed E-state index contributed by atoms with van der Waals surface area (Å²) in [7, 11) is -0.907. The van der Waals surface area contributed by atoms with Crippen LogP contribution in [0.1, 0.15) is 24.2 Å². The van der Waals surface area contributed by atoms with Crippen LogP contribution in [0, 0.1) is 5.92 Å². The molecule has 0 aliphatic rings. The Morgan fingerprint density at radius 2 is 1.87 bits per heavy atom. The van der Waals surface area contributed by atoms with Gasteiger partial charge < -0.3 is 10.0 Å². The molecule has 1 unspecified atom stereocenters. The maximum atomic E-state index is 12.5. The molecule has 1 amide bonds. The van der Waals surface area contributed by atoms with Crippen molar-refractivity contribution in [1.29, 1.82) is 0 Å². The van der Waals surface area contributed by atoms with E-state index in [-0.39, 0.29) is 22.9 Å². The van der Waals surface area contributed by atoms with Crippen molar-refractivity contribution in [1.82, 2.24) is 9.21 Å². The molecule has 0 spiro atoms. The molecule has 7 nitrogen and oxygen atoms in total. The lowest BCUT2D eigenvalue weighted by Crippen LogP contribution is -2.34. The molecule has 1 rings (SSSR count). The van der Waals surface area contributed by atoms with Crippen LogP contribution in [0.4, 0.5) is 0 Å². The van der Waals surface area contributed by atoms with Gasteiger partial charge in [-0.3, -0.25) is 9.59 Å². The molecule has 1 atom stereocenters. The highest BCUT2D eigenvalue weighted by Crippen LogP contribution is 2.18. The van der Waals surface area contributed by atoms with Crippen molar-refractivity contribution in [3.63, 3.8) is 0 Å². The van der Waals surface area contributed by atoms with E-state index in [4.69, 9.17) is 5.11 Å². The van der Waals surface area contributed by atoms with E-state index in [2.05, 4.69) is 0 Å². The van der Waals surface area contributed by atoms with Gasteiger partial charge in [-0.25, -0.2) is 12.7 Å². The Balaban J connectivity index is 3.10. The first kappa shape index (κ1) is 19.1. The van der Waals surface area contributed by atoms with Crippen molar-refractivity contribution in [3.05, 3.63) is 29.8 Å². The molecule has 0 aromatic heterocycles. The molecule has 1 aromatic rings. The number of aliphatic carboxylic acids is 1. The van der Waals surface area contributed by atoms with Gasteiger partial charge in [-0.1, -0.05) is 13.0 Å². The maximum Gasteiger partial charge on any atom is 0.307 e. The molecule has 0 fully saturated rings. The Labute approximate surface area is 136 Å². The lowest BCUT2D eigenvalue weighted by molar-refractivity contribution is -0.141. The van der Waals surface area contributed by atoms with Crippen LogP contribution in [0.15, 0.2) is 29.2 Å². The lowest BCUT2D eigenvalue weighted by atomic mass is 10.2. The summed E-state index contributed by atoms with van der Waals surface area (Å²) in [6.07, 6.45) is 0. The van der Waals surface area contributed by atoms with Gasteiger partial charge in [-0.05, 0) is 25.1 Å². The van der Waals surface area contributed by atoms with Gasteiger partial charge in [0, 0.05) is 32.7 Å². The van der Waals surface area contributed by atoms with E-state index in [9.17, 15) is 18.0 Å². The van der Waals surface area contributed by atoms with Gasteiger partial charge >= 0.3 is 5.97 Å². The van der Waals surface area contributed by atoms with Gasteiger partial charge in [0.1, 0.15) is 0 Å². The monoisotopic (exact) mass is 342 g/mol. The third-order valence-electron chi connectivity index (χ3n) is 3.56. The standard InChI is InChI=1S/C15H22N2O5S/c1-5-16(3)14(18)12-7-6-8-13(9-12)23(21,22)17(4)10-11(2)15(19)20/h6-9,11H,5,10H2,1-4H3,(H,19,20). The molecule has 0 aliphatic heterocycles. The zero-order valence-corrected chi connectivity index (χ0v) is 14.5. The Morgan fingerprint density at radius 1 is 1.26 bits per heavy atom. The van der Waals surface area contributed by atoms with Crippen LogP contribution in [0.3, 0.4) is 0 Å². The number of carbonyl (C=O) groups is 2. The SMILES string of the molecule is CCN(C)C(=O)c1cccc(S(=O)(=O)N(C)CC(C)C(=O)O)c1. The molecule has 1 aromatic carbocycles. The van der Waals surface area contributed by atoms with E-state index in [1.807, 2.05) is 6.92 Å². The minimum Gasteiger partial charge on any atom is -0.481 e. The summed E-state index contributed by atoms with van der Waals surface area (Å²) in [5.41, 5.74) is 0.273. The number of hydrogen-bond acceptors (Lipinski definition) is 4. The second-order valence-corrected chi connectivity index (χ2v) is 7.42. The molecule has 0 bridgehead atoms. The molecule has 23 heavy (non-hydrogen) atoms. The predicted octanol–water partition coefficient (Wildman–Crippen LogP) is 1.12. The number of benzene rings is 1. The molecule has 0 saturated carbocycles. The highest BCUT2D eigenvalue weighted by molar-refractivity contribution is 7.89. The maximum absolute atomic E-state index is 12.5. The summed E-state index contributed by atoms with van der Waals surface area (Å²) in [5, 5.41) is 8.90. The molecule has 0 saturated heterocycles. The van der Waals surface area contributed by atoms with Crippen molar-refractivity contribution in [2.45, 2.75) is 18.7 Å². The van der Waals surface area contributed by atoms with E-state index in [1.54, 1.807) is 13.1 Å². The number of carbonyl (C=O) groups excluding carboxylic acids is 1. The third-order valence-corrected chi connectivity index (χ3v) is 5.38. The van der Waals surface area contributed by atoms with Crippen LogP contribution in [0.2, 0.25) is 0 Å². The summed E-state index contributed by atoms with van der Waals surface area (Å²) in [6.45, 7) is 3.61. The highest BCUT2D eigenvalue weighted by atomic mass is 32.2. The van der Waals surface area contributed by atoms with Crippen LogP contribution in [0.5, 0.6) is 0 Å². The molecule has 128 valence electrons. The fraction of sp³-hybridized carbons (Fsp3) is 0.467. The first-order valence-corrected chi connectivity index (χ1v) is 8.60. The van der Waals surface area contributed by atoms with Crippen LogP contribution in [-0.4, -0.2) is 61.8 Å². The van der Waals surface area contributed by atoms with Gasteiger partial charge in [0.2, 0.25) is 10.0 Å². The van der Waals surface area contributed by atoms with E-state index in [0.717, 1.165) is 4.31 Å². The van der Waals surface area contributed by atoms with Crippen LogP contribution < -0.4 is 0 Å². The zero-order chi connectivity index (χ0) is 17.8. The third kappa shape index (κ3) is 4.52. The van der Waals surface area contributed by atoms with E-state index in [1.165, 1.54) is 37.1 Å². The lowest BCUT2D eigenvalue weighted by Gasteiger charge is -2.20. The van der Waals surface area contributed by atoms with Gasteiger partial charge in [0.15, 0.2) is 0 Å². The normalized spacial score (nSPS) is 12.9. The summed E-state index contributed by atoms with van der Waals surface area (Å²) in [5.74, 6) is -2.17. The van der Waals surface area contributed by atoms with Gasteiger partial charge in [0.25, 0.3) is 5.91 Å². The Morgan fingerprint density at radius 3 is 2.39 bits per heavy atom. The second-order valence-electron chi connectivity index (χ2n) is 5.37. The summed E-state index contributed by atoms with van der Waals surface area (Å²) in [4.78, 5) is 24.4. The molecule has 0 radical (unpaired) electrons. The molecular weight excluding hydrogens is 320 g/mol. The number of sulfonamides is 1. The smallest absolute Gasteiger partial charge is 0.307 e. The number of rotatable bonds is 7. The average Bonchev–Trinajstić information content (AvgIpc) is 2.53. The molecule has 0 heterocycles. The minimum absolute atomic E-state index is 0.0343. The Hall–Kier alpha value is -1.93. The van der Waals surface area contributed by atoms with Crippen molar-refractivity contribution >= 4 is 21.9 Å². The zero-order valence-electron chi connectivity index (χ0n) is 13.7. The predicted molar refractivity (Wildman–Crippen MR) is 85.7 cm³/mol. The number of carboxylic acid groups (broad SMARTS) is 1. The van der Waals surface area contributed by atoms with Crippen molar-refractivity contribution in [3.8, 4) is 0 Å². The Kier molecular flexibility index (Phi) is 6.28. The molecule has 1 N–H and O–H groups in total. The van der Waals surface area contributed by atoms with E-state index >= 15 is 0 Å². The minimum atomic E-state index is -3.86.